The SMILES string of the molecule is CCOC(C)=C(C#N)C(=O)c1ccc(F)cc1. The van der Waals surface area contributed by atoms with Gasteiger partial charge in [0.15, 0.2) is 0 Å². The minimum atomic E-state index is -0.460. The molecule has 1 aromatic rings. The van der Waals surface area contributed by atoms with Crippen LogP contribution < -0.4 is 0 Å². The zero-order chi connectivity index (χ0) is 12.8. The lowest BCUT2D eigenvalue weighted by molar-refractivity contribution is 0.103. The number of allylic oxidation sites excluding steroid dienone is 2. The average Bonchev–Trinajstić information content (AvgIpc) is 2.31. The molecule has 0 heterocycles. The smallest absolute Gasteiger partial charge is 0.206 e. The highest BCUT2D eigenvalue weighted by molar-refractivity contribution is 6.11. The lowest BCUT2D eigenvalue weighted by atomic mass is 10.0. The van der Waals surface area contributed by atoms with Crippen LogP contribution in [-0.2, 0) is 4.74 Å². The van der Waals surface area contributed by atoms with Gasteiger partial charge in [-0.1, -0.05) is 0 Å². The van der Waals surface area contributed by atoms with E-state index in [4.69, 9.17) is 10.00 Å². The number of carbonyl (C=O) groups is 1. The molecule has 0 N–H and O–H groups in total. The van der Waals surface area contributed by atoms with Crippen LogP contribution in [0.5, 0.6) is 0 Å². The Morgan fingerprint density at radius 3 is 2.47 bits per heavy atom. The fourth-order valence-corrected chi connectivity index (χ4v) is 1.32. The van der Waals surface area contributed by atoms with Crippen molar-refractivity contribution < 1.29 is 13.9 Å². The van der Waals surface area contributed by atoms with Crippen molar-refractivity contribution in [3.8, 4) is 6.07 Å². The summed E-state index contributed by atoms with van der Waals surface area (Å²) in [5, 5.41) is 8.93. The molecule has 0 spiro atoms. The Labute approximate surface area is 99.1 Å². The second kappa shape index (κ2) is 5.80. The largest absolute Gasteiger partial charge is 0.497 e. The van der Waals surface area contributed by atoms with Crippen molar-refractivity contribution in [1.82, 2.24) is 0 Å². The van der Waals surface area contributed by atoms with E-state index in [0.717, 1.165) is 0 Å². The number of nitriles is 1. The van der Waals surface area contributed by atoms with Gasteiger partial charge < -0.3 is 4.74 Å². The second-order valence-corrected chi connectivity index (χ2v) is 3.31. The first-order chi connectivity index (χ1) is 8.10. The molecular formula is C13H12FNO2. The Bertz CT molecular complexity index is 483. The first kappa shape index (κ1) is 12.9. The van der Waals surface area contributed by atoms with E-state index in [0.29, 0.717) is 6.61 Å². The molecule has 0 amide bonds. The van der Waals surface area contributed by atoms with Crippen molar-refractivity contribution in [2.75, 3.05) is 6.61 Å². The molecule has 0 aliphatic carbocycles. The zero-order valence-electron chi connectivity index (χ0n) is 9.66. The minimum Gasteiger partial charge on any atom is -0.497 e. The van der Waals surface area contributed by atoms with Crippen LogP contribution in [0.3, 0.4) is 0 Å². The third-order valence-electron chi connectivity index (χ3n) is 2.16. The molecule has 4 heteroatoms. The van der Waals surface area contributed by atoms with Crippen LogP contribution in [0.4, 0.5) is 4.39 Å². The van der Waals surface area contributed by atoms with Crippen molar-refractivity contribution >= 4 is 5.78 Å². The van der Waals surface area contributed by atoms with Crippen LogP contribution >= 0.6 is 0 Å². The normalized spacial score (nSPS) is 11.4. The number of hydrogen-bond donors (Lipinski definition) is 0. The van der Waals surface area contributed by atoms with E-state index in [-0.39, 0.29) is 16.9 Å². The Morgan fingerprint density at radius 2 is 2.00 bits per heavy atom. The third kappa shape index (κ3) is 3.15. The van der Waals surface area contributed by atoms with Gasteiger partial charge in [0.2, 0.25) is 5.78 Å². The Kier molecular flexibility index (Phi) is 4.41. The lowest BCUT2D eigenvalue weighted by Gasteiger charge is -2.05. The van der Waals surface area contributed by atoms with Crippen LogP contribution in [0.1, 0.15) is 24.2 Å². The van der Waals surface area contributed by atoms with Crippen LogP contribution in [0, 0.1) is 17.1 Å². The van der Waals surface area contributed by atoms with Crippen LogP contribution in [-0.4, -0.2) is 12.4 Å². The first-order valence-electron chi connectivity index (χ1n) is 5.14. The predicted molar refractivity (Wildman–Crippen MR) is 60.7 cm³/mol. The Hall–Kier alpha value is -2.15. The number of carbonyl (C=O) groups excluding carboxylic acids is 1. The van der Waals surface area contributed by atoms with Crippen molar-refractivity contribution in [3.05, 3.63) is 47.0 Å². The molecule has 1 rings (SSSR count). The van der Waals surface area contributed by atoms with Crippen molar-refractivity contribution in [2.45, 2.75) is 13.8 Å². The number of hydrogen-bond acceptors (Lipinski definition) is 3. The molecule has 1 aromatic carbocycles. The maximum atomic E-state index is 12.7. The quantitative estimate of drug-likeness (QED) is 0.348. The molecule has 0 aliphatic heterocycles. The molecule has 0 aliphatic rings. The summed E-state index contributed by atoms with van der Waals surface area (Å²) in [6, 6.07) is 6.85. The monoisotopic (exact) mass is 233 g/mol. The standard InChI is InChI=1S/C13H12FNO2/c1-3-17-9(2)12(8-15)13(16)10-4-6-11(14)7-5-10/h4-7H,3H2,1-2H3. The van der Waals surface area contributed by atoms with Gasteiger partial charge in [-0.25, -0.2) is 4.39 Å². The minimum absolute atomic E-state index is 0.0570. The van der Waals surface area contributed by atoms with Crippen molar-refractivity contribution in [3.63, 3.8) is 0 Å². The molecule has 0 saturated carbocycles. The molecule has 0 unspecified atom stereocenters. The molecule has 0 atom stereocenters. The summed E-state index contributed by atoms with van der Waals surface area (Å²) in [6.45, 7) is 3.71. The highest BCUT2D eigenvalue weighted by Gasteiger charge is 2.15. The maximum Gasteiger partial charge on any atom is 0.206 e. The Morgan fingerprint density at radius 1 is 1.41 bits per heavy atom. The molecule has 17 heavy (non-hydrogen) atoms. The van der Waals surface area contributed by atoms with E-state index in [1.54, 1.807) is 13.8 Å². The highest BCUT2D eigenvalue weighted by Crippen LogP contribution is 2.13. The van der Waals surface area contributed by atoms with Gasteiger partial charge in [-0.05, 0) is 38.1 Å². The Balaban J connectivity index is 3.07. The topological polar surface area (TPSA) is 50.1 Å². The van der Waals surface area contributed by atoms with Gasteiger partial charge in [0.25, 0.3) is 0 Å². The van der Waals surface area contributed by atoms with Gasteiger partial charge in [-0.2, -0.15) is 5.26 Å². The number of halogens is 1. The molecule has 0 fully saturated rings. The third-order valence-corrected chi connectivity index (χ3v) is 2.16. The average molecular weight is 233 g/mol. The van der Waals surface area contributed by atoms with Gasteiger partial charge in [-0.15, -0.1) is 0 Å². The summed E-state index contributed by atoms with van der Waals surface area (Å²) in [5.74, 6) is -0.603. The fraction of sp³-hybridized carbons (Fsp3) is 0.231. The number of ether oxygens (including phenoxy) is 1. The van der Waals surface area contributed by atoms with Gasteiger partial charge in [0, 0.05) is 5.56 Å². The second-order valence-electron chi connectivity index (χ2n) is 3.31. The number of rotatable bonds is 4. The van der Waals surface area contributed by atoms with E-state index in [1.165, 1.54) is 24.3 Å². The van der Waals surface area contributed by atoms with Crippen molar-refractivity contribution in [2.24, 2.45) is 0 Å². The van der Waals surface area contributed by atoms with E-state index < -0.39 is 11.6 Å². The maximum absolute atomic E-state index is 12.7. The van der Waals surface area contributed by atoms with E-state index in [2.05, 4.69) is 0 Å². The van der Waals surface area contributed by atoms with Crippen LogP contribution in [0.25, 0.3) is 0 Å². The van der Waals surface area contributed by atoms with E-state index in [1.807, 2.05) is 6.07 Å². The molecule has 3 nitrogen and oxygen atoms in total. The number of ketones is 1. The highest BCUT2D eigenvalue weighted by atomic mass is 19.1. The van der Waals surface area contributed by atoms with E-state index in [9.17, 15) is 9.18 Å². The summed E-state index contributed by atoms with van der Waals surface area (Å²) in [7, 11) is 0. The molecule has 0 bridgehead atoms. The fourth-order valence-electron chi connectivity index (χ4n) is 1.32. The van der Waals surface area contributed by atoms with Gasteiger partial charge >= 0.3 is 0 Å². The van der Waals surface area contributed by atoms with Crippen LogP contribution in [0.2, 0.25) is 0 Å². The van der Waals surface area contributed by atoms with Gasteiger partial charge in [-0.3, -0.25) is 4.79 Å². The van der Waals surface area contributed by atoms with Crippen LogP contribution in [0.15, 0.2) is 35.6 Å². The molecule has 0 radical (unpaired) electrons. The number of benzene rings is 1. The predicted octanol–water partition coefficient (Wildman–Crippen LogP) is 2.84. The summed E-state index contributed by atoms with van der Waals surface area (Å²) in [6.07, 6.45) is 0. The molecule has 0 saturated heterocycles. The summed E-state index contributed by atoms with van der Waals surface area (Å²) in [4.78, 5) is 11.9. The number of Topliss-reactive ketones (excluding diaryl/α,β-unsaturated/α-hetero) is 1. The zero-order valence-corrected chi connectivity index (χ0v) is 9.66. The number of nitrogens with zero attached hydrogens (tertiary/aromatic N) is 1. The molecule has 88 valence electrons. The summed E-state index contributed by atoms with van der Waals surface area (Å²) >= 11 is 0. The summed E-state index contributed by atoms with van der Waals surface area (Å²) in [5.41, 5.74) is 0.209. The van der Waals surface area contributed by atoms with Gasteiger partial charge in [0.05, 0.1) is 6.61 Å². The van der Waals surface area contributed by atoms with Gasteiger partial charge in [0.1, 0.15) is 23.2 Å². The molecule has 0 aromatic heterocycles. The summed E-state index contributed by atoms with van der Waals surface area (Å²) < 4.78 is 17.8. The van der Waals surface area contributed by atoms with Crippen molar-refractivity contribution in [1.29, 1.82) is 5.26 Å². The first-order valence-corrected chi connectivity index (χ1v) is 5.14. The van der Waals surface area contributed by atoms with E-state index >= 15 is 0 Å². The molecular weight excluding hydrogens is 221 g/mol. The lowest BCUT2D eigenvalue weighted by Crippen LogP contribution is -2.06.